The van der Waals surface area contributed by atoms with Gasteiger partial charge >= 0.3 is 0 Å². The molecule has 2 unspecified atom stereocenters. The first-order valence-electron chi connectivity index (χ1n) is 7.13. The van der Waals surface area contributed by atoms with Gasteiger partial charge < -0.3 is 10.4 Å². The van der Waals surface area contributed by atoms with E-state index in [1.54, 1.807) is 0 Å². The van der Waals surface area contributed by atoms with Crippen molar-refractivity contribution in [1.82, 2.24) is 9.88 Å². The average molecular weight is 297 g/mol. The largest absolute Gasteiger partial charge is 0.393 e. The van der Waals surface area contributed by atoms with Crippen LogP contribution in [0.2, 0.25) is 0 Å². The number of likely N-dealkylation sites (N-methyl/N-ethyl adjacent to an activating group) is 1. The van der Waals surface area contributed by atoms with E-state index in [9.17, 15) is 9.90 Å². The molecule has 1 saturated carbocycles. The molecule has 1 amide bonds. The zero-order chi connectivity index (χ0) is 14.5. The molecule has 1 aliphatic carbocycles. The number of aromatic nitrogens is 1. The number of hydrogen-bond acceptors (Lipinski definition) is 5. The van der Waals surface area contributed by atoms with Crippen molar-refractivity contribution in [1.29, 1.82) is 0 Å². The maximum absolute atomic E-state index is 11.9. The third-order valence-corrected chi connectivity index (χ3v) is 4.57. The zero-order valence-corrected chi connectivity index (χ0v) is 12.9. The number of hydrogen-bond donors (Lipinski definition) is 2. The number of rotatable bonds is 5. The fraction of sp³-hybridized carbons (Fsp3) is 0.714. The van der Waals surface area contributed by atoms with Crippen molar-refractivity contribution >= 4 is 22.4 Å². The van der Waals surface area contributed by atoms with Crippen LogP contribution in [0.5, 0.6) is 0 Å². The average Bonchev–Trinajstić information content (AvgIpc) is 2.77. The van der Waals surface area contributed by atoms with Crippen molar-refractivity contribution in [2.45, 2.75) is 38.7 Å². The number of aliphatic hydroxyl groups excluding tert-OH is 1. The Labute approximate surface area is 124 Å². The van der Waals surface area contributed by atoms with Crippen LogP contribution in [0.1, 0.15) is 31.4 Å². The second-order valence-electron chi connectivity index (χ2n) is 5.65. The Kier molecular flexibility index (Phi) is 5.51. The number of anilines is 1. The van der Waals surface area contributed by atoms with Gasteiger partial charge in [0, 0.05) is 11.9 Å². The summed E-state index contributed by atoms with van der Waals surface area (Å²) in [6.07, 6.45) is 4.03. The minimum atomic E-state index is -0.212. The molecule has 2 rings (SSSR count). The molecule has 2 atom stereocenters. The smallest absolute Gasteiger partial charge is 0.240 e. The SMILES string of the molecule is Cc1csc(NC(=O)CN(C)CC2CCCCC2O)n1. The summed E-state index contributed by atoms with van der Waals surface area (Å²) in [5.41, 5.74) is 0.920. The van der Waals surface area contributed by atoms with Crippen LogP contribution < -0.4 is 5.32 Å². The Balaban J connectivity index is 1.75. The fourth-order valence-corrected chi connectivity index (χ4v) is 3.39. The Morgan fingerprint density at radius 2 is 2.30 bits per heavy atom. The van der Waals surface area contributed by atoms with Gasteiger partial charge in [-0.15, -0.1) is 11.3 Å². The topological polar surface area (TPSA) is 65.5 Å². The minimum Gasteiger partial charge on any atom is -0.393 e. The number of nitrogens with zero attached hydrogens (tertiary/aromatic N) is 2. The fourth-order valence-electron chi connectivity index (χ4n) is 2.68. The van der Waals surface area contributed by atoms with Gasteiger partial charge in [-0.25, -0.2) is 4.98 Å². The van der Waals surface area contributed by atoms with Crippen LogP contribution >= 0.6 is 11.3 Å². The molecule has 1 aliphatic rings. The third kappa shape index (κ3) is 4.54. The molecule has 0 aromatic carbocycles. The molecular weight excluding hydrogens is 274 g/mol. The highest BCUT2D eigenvalue weighted by atomic mass is 32.1. The van der Waals surface area contributed by atoms with Crippen LogP contribution in [0, 0.1) is 12.8 Å². The van der Waals surface area contributed by atoms with E-state index in [0.717, 1.165) is 31.5 Å². The van der Waals surface area contributed by atoms with Gasteiger partial charge in [0.1, 0.15) is 0 Å². The highest BCUT2D eigenvalue weighted by Gasteiger charge is 2.24. The molecule has 1 heterocycles. The number of carbonyl (C=O) groups is 1. The third-order valence-electron chi connectivity index (χ3n) is 3.69. The lowest BCUT2D eigenvalue weighted by molar-refractivity contribution is -0.117. The first-order valence-corrected chi connectivity index (χ1v) is 8.01. The van der Waals surface area contributed by atoms with E-state index in [2.05, 4.69) is 10.3 Å². The molecule has 1 fully saturated rings. The molecule has 112 valence electrons. The van der Waals surface area contributed by atoms with E-state index in [0.29, 0.717) is 17.6 Å². The zero-order valence-electron chi connectivity index (χ0n) is 12.1. The van der Waals surface area contributed by atoms with Crippen LogP contribution in [0.4, 0.5) is 5.13 Å². The summed E-state index contributed by atoms with van der Waals surface area (Å²) < 4.78 is 0. The van der Waals surface area contributed by atoms with Crippen molar-refractivity contribution in [2.75, 3.05) is 25.5 Å². The van der Waals surface area contributed by atoms with Gasteiger partial charge in [-0.1, -0.05) is 12.8 Å². The van der Waals surface area contributed by atoms with Crippen molar-refractivity contribution in [2.24, 2.45) is 5.92 Å². The molecule has 0 saturated heterocycles. The van der Waals surface area contributed by atoms with Crippen molar-refractivity contribution in [3.8, 4) is 0 Å². The second-order valence-corrected chi connectivity index (χ2v) is 6.51. The summed E-state index contributed by atoms with van der Waals surface area (Å²) in [7, 11) is 1.92. The second kappa shape index (κ2) is 7.15. The standard InChI is InChI=1S/C14H23N3O2S/c1-10-9-20-14(15-10)16-13(19)8-17(2)7-11-5-3-4-6-12(11)18/h9,11-12,18H,3-8H2,1-2H3,(H,15,16,19). The summed E-state index contributed by atoms with van der Waals surface area (Å²) in [5, 5.41) is 15.3. The van der Waals surface area contributed by atoms with E-state index in [4.69, 9.17) is 0 Å². The van der Waals surface area contributed by atoms with Crippen LogP contribution in [-0.4, -0.2) is 47.1 Å². The first-order chi connectivity index (χ1) is 9.54. The molecule has 0 spiro atoms. The number of aliphatic hydroxyl groups is 1. The van der Waals surface area contributed by atoms with E-state index in [-0.39, 0.29) is 12.0 Å². The Bertz CT molecular complexity index is 449. The lowest BCUT2D eigenvalue weighted by Gasteiger charge is -2.30. The van der Waals surface area contributed by atoms with Gasteiger partial charge in [0.25, 0.3) is 0 Å². The van der Waals surface area contributed by atoms with Gasteiger partial charge in [0.2, 0.25) is 5.91 Å². The highest BCUT2D eigenvalue weighted by Crippen LogP contribution is 2.24. The predicted octanol–water partition coefficient (Wildman–Crippen LogP) is 1.87. The molecular formula is C14H23N3O2S. The van der Waals surface area contributed by atoms with Crippen LogP contribution in [0.3, 0.4) is 0 Å². The molecule has 1 aromatic heterocycles. The number of amides is 1. The maximum Gasteiger partial charge on any atom is 0.240 e. The van der Waals surface area contributed by atoms with E-state index in [1.807, 2.05) is 24.3 Å². The highest BCUT2D eigenvalue weighted by molar-refractivity contribution is 7.13. The van der Waals surface area contributed by atoms with E-state index >= 15 is 0 Å². The molecule has 5 nitrogen and oxygen atoms in total. The molecule has 0 bridgehead atoms. The molecule has 1 aromatic rings. The number of carbonyl (C=O) groups excluding carboxylic acids is 1. The minimum absolute atomic E-state index is 0.0489. The van der Waals surface area contributed by atoms with Crippen molar-refractivity contribution < 1.29 is 9.90 Å². The lowest BCUT2D eigenvalue weighted by atomic mass is 9.86. The van der Waals surface area contributed by atoms with Gasteiger partial charge in [0.15, 0.2) is 5.13 Å². The van der Waals surface area contributed by atoms with Crippen molar-refractivity contribution in [3.05, 3.63) is 11.1 Å². The number of aryl methyl sites for hydroxylation is 1. The van der Waals surface area contributed by atoms with Gasteiger partial charge in [-0.3, -0.25) is 9.69 Å². The van der Waals surface area contributed by atoms with Crippen molar-refractivity contribution in [3.63, 3.8) is 0 Å². The molecule has 20 heavy (non-hydrogen) atoms. The summed E-state index contributed by atoms with van der Waals surface area (Å²) in [6, 6.07) is 0. The van der Waals surface area contributed by atoms with E-state index < -0.39 is 0 Å². The summed E-state index contributed by atoms with van der Waals surface area (Å²) in [4.78, 5) is 18.1. The first kappa shape index (κ1) is 15.4. The van der Waals surface area contributed by atoms with Crippen LogP contribution in [0.15, 0.2) is 5.38 Å². The predicted molar refractivity (Wildman–Crippen MR) is 80.9 cm³/mol. The molecule has 0 radical (unpaired) electrons. The van der Waals surface area contributed by atoms with Crippen LogP contribution in [0.25, 0.3) is 0 Å². The van der Waals surface area contributed by atoms with Gasteiger partial charge in [-0.2, -0.15) is 0 Å². The summed E-state index contributed by atoms with van der Waals surface area (Å²) >= 11 is 1.44. The lowest BCUT2D eigenvalue weighted by Crippen LogP contribution is -2.38. The quantitative estimate of drug-likeness (QED) is 0.871. The van der Waals surface area contributed by atoms with Crippen LogP contribution in [-0.2, 0) is 4.79 Å². The molecule has 2 N–H and O–H groups in total. The number of thiazole rings is 1. The Morgan fingerprint density at radius 1 is 1.55 bits per heavy atom. The van der Waals surface area contributed by atoms with Gasteiger partial charge in [-0.05, 0) is 32.7 Å². The number of nitrogens with one attached hydrogen (secondary N) is 1. The maximum atomic E-state index is 11.9. The summed E-state index contributed by atoms with van der Waals surface area (Å²) in [6.45, 7) is 3.01. The summed E-state index contributed by atoms with van der Waals surface area (Å²) in [5.74, 6) is 0.246. The molecule has 0 aliphatic heterocycles. The normalized spacial score (nSPS) is 23.0. The van der Waals surface area contributed by atoms with Gasteiger partial charge in [0.05, 0.1) is 18.3 Å². The Morgan fingerprint density at radius 3 is 2.95 bits per heavy atom. The Hall–Kier alpha value is -0.980. The van der Waals surface area contributed by atoms with E-state index in [1.165, 1.54) is 17.8 Å². The monoisotopic (exact) mass is 297 g/mol. The molecule has 6 heteroatoms.